The number of benzene rings is 2. The third-order valence-corrected chi connectivity index (χ3v) is 5.04. The third kappa shape index (κ3) is 5.06. The number of halogens is 1. The van der Waals surface area contributed by atoms with Gasteiger partial charge in [-0.25, -0.2) is 4.39 Å². The average Bonchev–Trinajstić information content (AvgIpc) is 3.06. The normalized spacial score (nSPS) is 15.3. The van der Waals surface area contributed by atoms with E-state index in [2.05, 4.69) is 15.0 Å². The predicted molar refractivity (Wildman–Crippen MR) is 106 cm³/mol. The highest BCUT2D eigenvalue weighted by Gasteiger charge is 2.21. The lowest BCUT2D eigenvalue weighted by atomic mass is 10.1. The van der Waals surface area contributed by atoms with Gasteiger partial charge < -0.3 is 9.42 Å². The number of amides is 1. The zero-order valence-corrected chi connectivity index (χ0v) is 16.1. The minimum Gasteiger partial charge on any atom is -0.341 e. The van der Waals surface area contributed by atoms with Crippen molar-refractivity contribution in [1.82, 2.24) is 19.9 Å². The van der Waals surface area contributed by atoms with Gasteiger partial charge in [0.1, 0.15) is 5.82 Å². The molecular weight excluding hydrogens is 371 g/mol. The summed E-state index contributed by atoms with van der Waals surface area (Å²) < 4.78 is 18.7. The van der Waals surface area contributed by atoms with Crippen LogP contribution in [0.4, 0.5) is 4.39 Å². The summed E-state index contributed by atoms with van der Waals surface area (Å²) >= 11 is 0. The highest BCUT2D eigenvalue weighted by atomic mass is 19.1. The van der Waals surface area contributed by atoms with Gasteiger partial charge in [0, 0.05) is 31.7 Å². The summed E-state index contributed by atoms with van der Waals surface area (Å²) in [6, 6.07) is 15.9. The van der Waals surface area contributed by atoms with E-state index in [0.717, 1.165) is 25.1 Å². The van der Waals surface area contributed by atoms with E-state index < -0.39 is 0 Å². The van der Waals surface area contributed by atoms with E-state index in [0.29, 0.717) is 36.9 Å². The van der Waals surface area contributed by atoms with Gasteiger partial charge in [-0.2, -0.15) is 4.98 Å². The second-order valence-corrected chi connectivity index (χ2v) is 7.20. The van der Waals surface area contributed by atoms with Crippen LogP contribution in [0, 0.1) is 5.82 Å². The first-order chi connectivity index (χ1) is 14.2. The Morgan fingerprint density at radius 3 is 2.72 bits per heavy atom. The Labute approximate surface area is 168 Å². The SMILES string of the molecule is O=C(Cc1cccc(F)c1)N1CCCN(Cc2noc(-c3ccccc3)n2)CC1. The maximum atomic E-state index is 13.3. The van der Waals surface area contributed by atoms with Crippen molar-refractivity contribution in [1.29, 1.82) is 0 Å². The van der Waals surface area contributed by atoms with E-state index in [1.165, 1.54) is 12.1 Å². The molecule has 0 bridgehead atoms. The van der Waals surface area contributed by atoms with Gasteiger partial charge in [-0.05, 0) is 36.2 Å². The van der Waals surface area contributed by atoms with Crippen molar-refractivity contribution in [2.45, 2.75) is 19.4 Å². The molecule has 0 saturated carbocycles. The lowest BCUT2D eigenvalue weighted by Gasteiger charge is -2.21. The van der Waals surface area contributed by atoms with Gasteiger partial charge in [0.25, 0.3) is 5.89 Å². The zero-order chi connectivity index (χ0) is 20.1. The maximum Gasteiger partial charge on any atom is 0.257 e. The van der Waals surface area contributed by atoms with Crippen LogP contribution >= 0.6 is 0 Å². The van der Waals surface area contributed by atoms with E-state index in [4.69, 9.17) is 4.52 Å². The van der Waals surface area contributed by atoms with Gasteiger partial charge in [0.2, 0.25) is 5.91 Å². The predicted octanol–water partition coefficient (Wildman–Crippen LogP) is 3.15. The summed E-state index contributed by atoms with van der Waals surface area (Å²) in [6.45, 7) is 3.52. The van der Waals surface area contributed by atoms with Gasteiger partial charge in [-0.3, -0.25) is 9.69 Å². The molecule has 1 aliphatic heterocycles. The molecule has 3 aromatic rings. The molecule has 0 atom stereocenters. The molecule has 1 fully saturated rings. The van der Waals surface area contributed by atoms with Gasteiger partial charge >= 0.3 is 0 Å². The average molecular weight is 394 g/mol. The summed E-state index contributed by atoms with van der Waals surface area (Å²) in [5.41, 5.74) is 1.60. The van der Waals surface area contributed by atoms with E-state index >= 15 is 0 Å². The van der Waals surface area contributed by atoms with Crippen LogP contribution in [0.15, 0.2) is 59.1 Å². The van der Waals surface area contributed by atoms with Crippen LogP contribution in [-0.2, 0) is 17.8 Å². The van der Waals surface area contributed by atoms with Crippen LogP contribution in [0.25, 0.3) is 11.5 Å². The number of carbonyl (C=O) groups excluding carboxylic acids is 1. The molecule has 4 rings (SSSR count). The molecule has 1 aromatic heterocycles. The number of hydrogen-bond donors (Lipinski definition) is 0. The minimum absolute atomic E-state index is 0.0309. The summed E-state index contributed by atoms with van der Waals surface area (Å²) in [4.78, 5) is 21.2. The first-order valence-corrected chi connectivity index (χ1v) is 9.80. The molecule has 2 aromatic carbocycles. The molecule has 1 saturated heterocycles. The van der Waals surface area contributed by atoms with Crippen molar-refractivity contribution in [2.24, 2.45) is 0 Å². The van der Waals surface area contributed by atoms with E-state index in [-0.39, 0.29) is 18.1 Å². The van der Waals surface area contributed by atoms with E-state index in [9.17, 15) is 9.18 Å². The van der Waals surface area contributed by atoms with Gasteiger partial charge in [-0.15, -0.1) is 0 Å². The standard InChI is InChI=1S/C22H23FN4O2/c23-19-9-4-6-17(14-19)15-21(28)27-11-5-10-26(12-13-27)16-20-24-22(29-25-20)18-7-2-1-3-8-18/h1-4,6-9,14H,5,10-13,15-16H2. The van der Waals surface area contributed by atoms with Crippen molar-refractivity contribution in [3.63, 3.8) is 0 Å². The number of nitrogens with zero attached hydrogens (tertiary/aromatic N) is 4. The van der Waals surface area contributed by atoms with Crippen molar-refractivity contribution in [3.05, 3.63) is 71.8 Å². The molecule has 2 heterocycles. The fraction of sp³-hybridized carbons (Fsp3) is 0.318. The monoisotopic (exact) mass is 394 g/mol. The maximum absolute atomic E-state index is 13.3. The molecule has 150 valence electrons. The second-order valence-electron chi connectivity index (χ2n) is 7.20. The highest BCUT2D eigenvalue weighted by molar-refractivity contribution is 5.78. The molecule has 1 aliphatic rings. The Kier molecular flexibility index (Phi) is 5.95. The number of carbonyl (C=O) groups is 1. The van der Waals surface area contributed by atoms with Crippen molar-refractivity contribution in [2.75, 3.05) is 26.2 Å². The van der Waals surface area contributed by atoms with Gasteiger partial charge in [-0.1, -0.05) is 35.5 Å². The Morgan fingerprint density at radius 1 is 1.03 bits per heavy atom. The molecule has 0 spiro atoms. The van der Waals surface area contributed by atoms with Gasteiger partial charge in [0.15, 0.2) is 5.82 Å². The van der Waals surface area contributed by atoms with Crippen molar-refractivity contribution in [3.8, 4) is 11.5 Å². The number of aromatic nitrogens is 2. The Hall–Kier alpha value is -3.06. The number of rotatable bonds is 5. The topological polar surface area (TPSA) is 62.5 Å². The third-order valence-electron chi connectivity index (χ3n) is 5.04. The molecule has 0 N–H and O–H groups in total. The molecule has 1 amide bonds. The highest BCUT2D eigenvalue weighted by Crippen LogP contribution is 2.17. The molecule has 7 heteroatoms. The van der Waals surface area contributed by atoms with Crippen LogP contribution in [0.1, 0.15) is 17.8 Å². The minimum atomic E-state index is -0.313. The van der Waals surface area contributed by atoms with E-state index in [1.807, 2.05) is 35.2 Å². The molecule has 0 unspecified atom stereocenters. The molecule has 29 heavy (non-hydrogen) atoms. The van der Waals surface area contributed by atoms with Crippen LogP contribution in [0.2, 0.25) is 0 Å². The Balaban J connectivity index is 1.32. The summed E-state index contributed by atoms with van der Waals surface area (Å²) in [7, 11) is 0. The zero-order valence-electron chi connectivity index (χ0n) is 16.1. The first kappa shape index (κ1) is 19.3. The fourth-order valence-electron chi connectivity index (χ4n) is 3.53. The van der Waals surface area contributed by atoms with Crippen LogP contribution < -0.4 is 0 Å². The van der Waals surface area contributed by atoms with Crippen molar-refractivity contribution >= 4 is 5.91 Å². The van der Waals surface area contributed by atoms with Crippen molar-refractivity contribution < 1.29 is 13.7 Å². The smallest absolute Gasteiger partial charge is 0.257 e. The van der Waals surface area contributed by atoms with Crippen LogP contribution in [0.5, 0.6) is 0 Å². The van der Waals surface area contributed by atoms with Crippen LogP contribution in [0.3, 0.4) is 0 Å². The fourth-order valence-corrected chi connectivity index (χ4v) is 3.53. The summed E-state index contributed by atoms with van der Waals surface area (Å²) in [6.07, 6.45) is 1.10. The largest absolute Gasteiger partial charge is 0.341 e. The molecule has 0 aliphatic carbocycles. The molecule has 0 radical (unpaired) electrons. The second kappa shape index (κ2) is 8.96. The Bertz CT molecular complexity index is 960. The molecule has 6 nitrogen and oxygen atoms in total. The number of hydrogen-bond acceptors (Lipinski definition) is 5. The first-order valence-electron chi connectivity index (χ1n) is 9.80. The van der Waals surface area contributed by atoms with Gasteiger partial charge in [0.05, 0.1) is 13.0 Å². The van der Waals surface area contributed by atoms with Crippen LogP contribution in [-0.4, -0.2) is 52.0 Å². The Morgan fingerprint density at radius 2 is 1.90 bits per heavy atom. The summed E-state index contributed by atoms with van der Waals surface area (Å²) in [5, 5.41) is 4.09. The lowest BCUT2D eigenvalue weighted by molar-refractivity contribution is -0.130. The lowest BCUT2D eigenvalue weighted by Crippen LogP contribution is -2.36. The summed E-state index contributed by atoms with van der Waals surface area (Å²) in [5.74, 6) is 0.876. The quantitative estimate of drug-likeness (QED) is 0.665. The van der Waals surface area contributed by atoms with E-state index in [1.54, 1.807) is 12.1 Å². The molecular formula is C22H23FN4O2.